The van der Waals surface area contributed by atoms with Gasteiger partial charge in [0, 0.05) is 24.0 Å². The van der Waals surface area contributed by atoms with E-state index < -0.39 is 0 Å². The summed E-state index contributed by atoms with van der Waals surface area (Å²) < 4.78 is 15.8. The van der Waals surface area contributed by atoms with Crippen LogP contribution in [0.5, 0.6) is 0 Å². The summed E-state index contributed by atoms with van der Waals surface area (Å²) in [4.78, 5) is 16.1. The summed E-state index contributed by atoms with van der Waals surface area (Å²) in [6.07, 6.45) is 2.11. The number of halogens is 1. The van der Waals surface area contributed by atoms with E-state index in [0.717, 1.165) is 18.5 Å². The average Bonchev–Trinajstić information content (AvgIpc) is 3.12. The van der Waals surface area contributed by atoms with Crippen LogP contribution in [-0.4, -0.2) is 20.4 Å². The molecule has 4 rings (SSSR count). The van der Waals surface area contributed by atoms with Gasteiger partial charge < -0.3 is 0 Å². The van der Waals surface area contributed by atoms with Crippen LogP contribution in [0.2, 0.25) is 0 Å². The molecule has 5 heteroatoms. The first-order valence-electron chi connectivity index (χ1n) is 7.65. The van der Waals surface area contributed by atoms with Crippen LogP contribution in [0.1, 0.15) is 42.9 Å². The van der Waals surface area contributed by atoms with E-state index in [1.54, 1.807) is 28.8 Å². The predicted molar refractivity (Wildman–Crippen MR) is 85.0 cm³/mol. The Balaban J connectivity index is 1.98. The van der Waals surface area contributed by atoms with Crippen molar-refractivity contribution in [2.75, 3.05) is 0 Å². The van der Waals surface area contributed by atoms with Gasteiger partial charge in [0.05, 0.1) is 11.4 Å². The summed E-state index contributed by atoms with van der Waals surface area (Å²) in [5, 5.41) is 4.55. The highest BCUT2D eigenvalue weighted by Crippen LogP contribution is 2.47. The fraction of sp³-hybridized carbons (Fsp3) is 0.278. The number of hydrogen-bond donors (Lipinski definition) is 0. The van der Waals surface area contributed by atoms with Gasteiger partial charge in [-0.1, -0.05) is 19.1 Å². The van der Waals surface area contributed by atoms with Crippen molar-refractivity contribution in [3.8, 4) is 11.3 Å². The van der Waals surface area contributed by atoms with Crippen LogP contribution in [0.25, 0.3) is 16.9 Å². The number of rotatable bonds is 3. The summed E-state index contributed by atoms with van der Waals surface area (Å²) in [6.45, 7) is 3.65. The molecular weight excluding hydrogens is 293 g/mol. The van der Waals surface area contributed by atoms with Gasteiger partial charge in [-0.05, 0) is 31.0 Å². The maximum Gasteiger partial charge on any atom is 0.178 e. The second-order valence-corrected chi connectivity index (χ2v) is 6.42. The van der Waals surface area contributed by atoms with E-state index in [1.165, 1.54) is 13.0 Å². The maximum absolute atomic E-state index is 14.0. The van der Waals surface area contributed by atoms with Crippen molar-refractivity contribution in [3.05, 3.63) is 53.6 Å². The Kier molecular flexibility index (Phi) is 2.88. The molecule has 0 bridgehead atoms. The smallest absolute Gasteiger partial charge is 0.178 e. The van der Waals surface area contributed by atoms with Crippen molar-refractivity contribution in [1.29, 1.82) is 0 Å². The molecule has 23 heavy (non-hydrogen) atoms. The van der Waals surface area contributed by atoms with E-state index in [4.69, 9.17) is 0 Å². The van der Waals surface area contributed by atoms with Crippen molar-refractivity contribution in [3.63, 3.8) is 0 Å². The first-order chi connectivity index (χ1) is 11.0. The average molecular weight is 309 g/mol. The van der Waals surface area contributed by atoms with E-state index in [-0.39, 0.29) is 17.0 Å². The first-order valence-corrected chi connectivity index (χ1v) is 7.65. The molecule has 0 aliphatic heterocycles. The molecular formula is C18H16FN3O. The van der Waals surface area contributed by atoms with Crippen LogP contribution in [-0.2, 0) is 5.41 Å². The molecule has 0 atom stereocenters. The zero-order chi connectivity index (χ0) is 16.2. The summed E-state index contributed by atoms with van der Waals surface area (Å²) in [5.41, 5.74) is 2.97. The lowest BCUT2D eigenvalue weighted by molar-refractivity contribution is 0.101. The molecule has 0 N–H and O–H groups in total. The van der Waals surface area contributed by atoms with Crippen molar-refractivity contribution in [2.24, 2.45) is 0 Å². The lowest BCUT2D eigenvalue weighted by atomic mass is 10.0. The van der Waals surface area contributed by atoms with Gasteiger partial charge in [0.2, 0.25) is 0 Å². The number of nitrogens with zero attached hydrogens (tertiary/aromatic N) is 3. The van der Waals surface area contributed by atoms with E-state index >= 15 is 0 Å². The van der Waals surface area contributed by atoms with Crippen LogP contribution < -0.4 is 0 Å². The van der Waals surface area contributed by atoms with E-state index in [0.29, 0.717) is 22.6 Å². The lowest BCUT2D eigenvalue weighted by Gasteiger charge is -2.12. The van der Waals surface area contributed by atoms with Crippen molar-refractivity contribution in [2.45, 2.75) is 32.1 Å². The fourth-order valence-corrected chi connectivity index (χ4v) is 2.83. The number of fused-ring (bicyclic) bond motifs is 1. The topological polar surface area (TPSA) is 47.3 Å². The van der Waals surface area contributed by atoms with E-state index in [1.807, 2.05) is 6.07 Å². The Hall–Kier alpha value is -2.56. The van der Waals surface area contributed by atoms with Gasteiger partial charge in [0.15, 0.2) is 11.4 Å². The van der Waals surface area contributed by atoms with Crippen LogP contribution in [0.4, 0.5) is 4.39 Å². The van der Waals surface area contributed by atoms with Crippen LogP contribution in [0.15, 0.2) is 36.4 Å². The van der Waals surface area contributed by atoms with Crippen LogP contribution >= 0.6 is 0 Å². The Morgan fingerprint density at radius 2 is 2.00 bits per heavy atom. The monoisotopic (exact) mass is 309 g/mol. The van der Waals surface area contributed by atoms with Gasteiger partial charge >= 0.3 is 0 Å². The van der Waals surface area contributed by atoms with Gasteiger partial charge in [-0.15, -0.1) is 0 Å². The Bertz CT molecular complexity index is 941. The minimum atomic E-state index is -0.318. The zero-order valence-corrected chi connectivity index (χ0v) is 13.0. The normalized spacial score (nSPS) is 15.8. The molecule has 0 amide bonds. The highest BCUT2D eigenvalue weighted by Gasteiger charge is 2.42. The Morgan fingerprint density at radius 3 is 2.65 bits per heavy atom. The third-order valence-electron chi connectivity index (χ3n) is 4.56. The summed E-state index contributed by atoms with van der Waals surface area (Å²) in [5.74, 6) is -0.395. The molecule has 1 aromatic carbocycles. The molecule has 1 aliphatic rings. The minimum Gasteiger partial charge on any atom is -0.293 e. The van der Waals surface area contributed by atoms with Gasteiger partial charge in [-0.2, -0.15) is 5.10 Å². The maximum atomic E-state index is 14.0. The SMILES string of the molecule is CC(=O)c1cc(C2(C)CC2)n2nc(-c3ccccc3F)cc2n1. The van der Waals surface area contributed by atoms with Crippen LogP contribution in [0.3, 0.4) is 0 Å². The number of Topliss-reactive ketones (excluding diaryl/α,β-unsaturated/α-hetero) is 1. The number of ketones is 1. The van der Waals surface area contributed by atoms with Crippen molar-refractivity contribution < 1.29 is 9.18 Å². The summed E-state index contributed by atoms with van der Waals surface area (Å²) in [6, 6.07) is 10.1. The number of hydrogen-bond acceptors (Lipinski definition) is 3. The molecule has 0 radical (unpaired) electrons. The van der Waals surface area contributed by atoms with Gasteiger partial charge in [0.1, 0.15) is 11.5 Å². The van der Waals surface area contributed by atoms with E-state index in [9.17, 15) is 9.18 Å². The second kappa shape index (κ2) is 4.72. The highest BCUT2D eigenvalue weighted by molar-refractivity contribution is 5.92. The molecule has 0 saturated heterocycles. The van der Waals surface area contributed by atoms with Gasteiger partial charge in [-0.3, -0.25) is 4.79 Å². The van der Waals surface area contributed by atoms with Crippen molar-refractivity contribution in [1.82, 2.24) is 14.6 Å². The van der Waals surface area contributed by atoms with Crippen LogP contribution in [0, 0.1) is 5.82 Å². The number of aromatic nitrogens is 3. The molecule has 2 heterocycles. The summed E-state index contributed by atoms with van der Waals surface area (Å²) in [7, 11) is 0. The van der Waals surface area contributed by atoms with E-state index in [2.05, 4.69) is 17.0 Å². The largest absolute Gasteiger partial charge is 0.293 e. The molecule has 1 saturated carbocycles. The molecule has 3 aromatic rings. The Morgan fingerprint density at radius 1 is 1.26 bits per heavy atom. The summed E-state index contributed by atoms with van der Waals surface area (Å²) >= 11 is 0. The Labute approximate surface area is 133 Å². The third kappa shape index (κ3) is 2.23. The molecule has 1 fully saturated rings. The number of carbonyl (C=O) groups is 1. The van der Waals surface area contributed by atoms with Crippen molar-refractivity contribution >= 4 is 11.4 Å². The highest BCUT2D eigenvalue weighted by atomic mass is 19.1. The van der Waals surface area contributed by atoms with Gasteiger partial charge in [-0.25, -0.2) is 13.9 Å². The standard InChI is InChI=1S/C18H16FN3O/c1-11(23)14-9-16(18(2)7-8-18)22-17(20-14)10-15(21-22)12-5-3-4-6-13(12)19/h3-6,9-10H,7-8H2,1-2H3. The number of carbonyl (C=O) groups excluding carboxylic acids is 1. The molecule has 4 nitrogen and oxygen atoms in total. The number of benzene rings is 1. The fourth-order valence-electron chi connectivity index (χ4n) is 2.83. The minimum absolute atomic E-state index is 0.0178. The quantitative estimate of drug-likeness (QED) is 0.692. The molecule has 0 spiro atoms. The molecule has 116 valence electrons. The predicted octanol–water partition coefficient (Wildman–Crippen LogP) is 3.79. The third-order valence-corrected chi connectivity index (χ3v) is 4.56. The first kappa shape index (κ1) is 14.1. The molecule has 1 aliphatic carbocycles. The lowest BCUT2D eigenvalue weighted by Crippen LogP contribution is -2.12. The van der Waals surface area contributed by atoms with Gasteiger partial charge in [0.25, 0.3) is 0 Å². The molecule has 2 aromatic heterocycles. The second-order valence-electron chi connectivity index (χ2n) is 6.42. The zero-order valence-electron chi connectivity index (χ0n) is 13.0. The molecule has 0 unspecified atom stereocenters.